The molecular formula is C28H29NO4S. The van der Waals surface area contributed by atoms with E-state index in [4.69, 9.17) is 4.74 Å². The minimum atomic E-state index is -0.0957. The summed E-state index contributed by atoms with van der Waals surface area (Å²) >= 11 is 1.45. The van der Waals surface area contributed by atoms with Gasteiger partial charge in [0.1, 0.15) is 23.9 Å². The Morgan fingerprint density at radius 1 is 1.00 bits per heavy atom. The summed E-state index contributed by atoms with van der Waals surface area (Å²) in [7, 11) is 0. The third-order valence-corrected chi connectivity index (χ3v) is 6.93. The molecule has 3 aromatic carbocycles. The fourth-order valence-electron chi connectivity index (χ4n) is 3.98. The van der Waals surface area contributed by atoms with Gasteiger partial charge in [0.2, 0.25) is 0 Å². The summed E-state index contributed by atoms with van der Waals surface area (Å²) in [5.74, 6) is 0.952. The summed E-state index contributed by atoms with van der Waals surface area (Å²) < 4.78 is 6.65. The lowest BCUT2D eigenvalue weighted by Crippen LogP contribution is -2.29. The predicted molar refractivity (Wildman–Crippen MR) is 138 cm³/mol. The standard InChI is InChI=1S/C28H29NO4S/c1-3-4-18(2)29-15-16-33-23-12-7-19(8-13-23)27(32)26-24-14-11-22(31)17-25(24)34-28(26)20-5-9-21(30)10-6-20/h5-14,17-18,29-31H,3-4,15-16H2,1-2H3. The highest BCUT2D eigenvalue weighted by atomic mass is 32.1. The number of phenolic OH excluding ortho intramolecular Hbond substituents is 2. The van der Waals surface area contributed by atoms with Crippen molar-refractivity contribution in [2.24, 2.45) is 0 Å². The van der Waals surface area contributed by atoms with Gasteiger partial charge in [0.25, 0.3) is 0 Å². The third kappa shape index (κ3) is 5.41. The van der Waals surface area contributed by atoms with E-state index in [1.807, 2.05) is 12.1 Å². The van der Waals surface area contributed by atoms with Crippen molar-refractivity contribution in [2.75, 3.05) is 13.2 Å². The van der Waals surface area contributed by atoms with E-state index in [9.17, 15) is 15.0 Å². The highest BCUT2D eigenvalue weighted by molar-refractivity contribution is 7.22. The van der Waals surface area contributed by atoms with Gasteiger partial charge in [-0.1, -0.05) is 13.3 Å². The maximum absolute atomic E-state index is 13.6. The van der Waals surface area contributed by atoms with Crippen molar-refractivity contribution in [1.29, 1.82) is 0 Å². The van der Waals surface area contributed by atoms with Gasteiger partial charge in [-0.3, -0.25) is 4.79 Å². The number of thiophene rings is 1. The van der Waals surface area contributed by atoms with Gasteiger partial charge < -0.3 is 20.3 Å². The summed E-state index contributed by atoms with van der Waals surface area (Å²) in [4.78, 5) is 14.4. The van der Waals surface area contributed by atoms with E-state index in [1.165, 1.54) is 11.3 Å². The lowest BCUT2D eigenvalue weighted by Gasteiger charge is -2.13. The minimum Gasteiger partial charge on any atom is -0.508 e. The minimum absolute atomic E-state index is 0.0957. The Morgan fingerprint density at radius 3 is 2.41 bits per heavy atom. The van der Waals surface area contributed by atoms with E-state index >= 15 is 0 Å². The fraction of sp³-hybridized carbons (Fsp3) is 0.250. The summed E-state index contributed by atoms with van der Waals surface area (Å²) in [6.45, 7) is 5.68. The van der Waals surface area contributed by atoms with E-state index in [0.717, 1.165) is 45.7 Å². The molecule has 0 amide bonds. The Hall–Kier alpha value is -3.35. The number of carbonyl (C=O) groups is 1. The highest BCUT2D eigenvalue weighted by Gasteiger charge is 2.22. The number of ether oxygens (including phenoxy) is 1. The number of hydrogen-bond donors (Lipinski definition) is 3. The predicted octanol–water partition coefficient (Wildman–Crippen LogP) is 6.37. The van der Waals surface area contributed by atoms with Crippen LogP contribution in [0.15, 0.2) is 66.7 Å². The van der Waals surface area contributed by atoms with Gasteiger partial charge in [-0.25, -0.2) is 0 Å². The molecule has 1 atom stereocenters. The fourth-order valence-corrected chi connectivity index (χ4v) is 5.22. The Bertz CT molecular complexity index is 1260. The number of aromatic hydroxyl groups is 2. The smallest absolute Gasteiger partial charge is 0.195 e. The lowest BCUT2D eigenvalue weighted by molar-refractivity contribution is 0.104. The summed E-state index contributed by atoms with van der Waals surface area (Å²) in [6, 6.07) is 19.5. The van der Waals surface area contributed by atoms with Crippen LogP contribution in [-0.2, 0) is 0 Å². The first-order valence-electron chi connectivity index (χ1n) is 11.5. The van der Waals surface area contributed by atoms with Crippen molar-refractivity contribution in [3.05, 3.63) is 77.9 Å². The SMILES string of the molecule is CCCC(C)NCCOc1ccc(C(=O)c2c(-c3ccc(O)cc3)sc3cc(O)ccc23)cc1. The first-order chi connectivity index (χ1) is 16.5. The molecule has 34 heavy (non-hydrogen) atoms. The molecule has 0 saturated carbocycles. The van der Waals surface area contributed by atoms with Crippen molar-refractivity contribution in [2.45, 2.75) is 32.7 Å². The zero-order valence-electron chi connectivity index (χ0n) is 19.4. The van der Waals surface area contributed by atoms with Gasteiger partial charge in [-0.2, -0.15) is 0 Å². The topological polar surface area (TPSA) is 78.8 Å². The maximum atomic E-state index is 13.6. The molecule has 0 saturated heterocycles. The molecule has 1 heterocycles. The zero-order chi connectivity index (χ0) is 24.1. The van der Waals surface area contributed by atoms with Crippen molar-refractivity contribution in [3.63, 3.8) is 0 Å². The second-order valence-corrected chi connectivity index (χ2v) is 9.43. The molecule has 5 nitrogen and oxygen atoms in total. The number of benzene rings is 3. The van der Waals surface area contributed by atoms with Crippen LogP contribution in [-0.4, -0.2) is 35.2 Å². The summed E-state index contributed by atoms with van der Waals surface area (Å²) in [6.07, 6.45) is 2.29. The first-order valence-corrected chi connectivity index (χ1v) is 12.3. The molecule has 0 spiro atoms. The van der Waals surface area contributed by atoms with E-state index in [1.54, 1.807) is 54.6 Å². The molecule has 3 N–H and O–H groups in total. The van der Waals surface area contributed by atoms with Crippen LogP contribution in [0.5, 0.6) is 17.2 Å². The summed E-state index contributed by atoms with van der Waals surface area (Å²) in [5, 5.41) is 23.8. The second kappa shape index (κ2) is 10.7. The summed E-state index contributed by atoms with van der Waals surface area (Å²) in [5.41, 5.74) is 2.00. The zero-order valence-corrected chi connectivity index (χ0v) is 20.2. The Morgan fingerprint density at radius 2 is 1.71 bits per heavy atom. The van der Waals surface area contributed by atoms with Crippen molar-refractivity contribution < 1.29 is 19.7 Å². The molecule has 4 rings (SSSR count). The third-order valence-electron chi connectivity index (χ3n) is 5.73. The number of rotatable bonds is 10. The molecule has 0 radical (unpaired) electrons. The monoisotopic (exact) mass is 475 g/mol. The average Bonchev–Trinajstić information content (AvgIpc) is 3.21. The number of phenols is 2. The molecule has 0 fully saturated rings. The molecule has 4 aromatic rings. The molecule has 0 aliphatic rings. The van der Waals surface area contributed by atoms with E-state index in [-0.39, 0.29) is 17.3 Å². The lowest BCUT2D eigenvalue weighted by atomic mass is 9.97. The van der Waals surface area contributed by atoms with Crippen LogP contribution in [0.3, 0.4) is 0 Å². The van der Waals surface area contributed by atoms with Gasteiger partial charge in [-0.05, 0) is 85.6 Å². The number of carbonyl (C=O) groups excluding carboxylic acids is 1. The van der Waals surface area contributed by atoms with Crippen molar-refractivity contribution >= 4 is 27.2 Å². The maximum Gasteiger partial charge on any atom is 0.195 e. The molecule has 6 heteroatoms. The van der Waals surface area contributed by atoms with Crippen LogP contribution >= 0.6 is 11.3 Å². The van der Waals surface area contributed by atoms with Crippen LogP contribution in [0.25, 0.3) is 20.5 Å². The van der Waals surface area contributed by atoms with E-state index in [2.05, 4.69) is 19.2 Å². The van der Waals surface area contributed by atoms with Crippen molar-refractivity contribution in [3.8, 4) is 27.7 Å². The second-order valence-electron chi connectivity index (χ2n) is 8.38. The number of hydrogen-bond acceptors (Lipinski definition) is 6. The quantitative estimate of drug-likeness (QED) is 0.184. The molecule has 176 valence electrons. The molecule has 1 aromatic heterocycles. The van der Waals surface area contributed by atoms with Gasteiger partial charge in [-0.15, -0.1) is 11.3 Å². The van der Waals surface area contributed by atoms with Crippen LogP contribution in [0.2, 0.25) is 0 Å². The average molecular weight is 476 g/mol. The van der Waals surface area contributed by atoms with Crippen LogP contribution in [0.1, 0.15) is 42.6 Å². The molecule has 0 aliphatic heterocycles. The van der Waals surface area contributed by atoms with Crippen LogP contribution in [0.4, 0.5) is 0 Å². The number of ketones is 1. The molecule has 0 aliphatic carbocycles. The first kappa shape index (κ1) is 23.8. The van der Waals surface area contributed by atoms with Crippen molar-refractivity contribution in [1.82, 2.24) is 5.32 Å². The largest absolute Gasteiger partial charge is 0.508 e. The van der Waals surface area contributed by atoms with Gasteiger partial charge in [0.05, 0.1) is 0 Å². The van der Waals surface area contributed by atoms with Crippen LogP contribution in [0, 0.1) is 0 Å². The normalized spacial score (nSPS) is 12.1. The Labute approximate surface area is 203 Å². The molecular weight excluding hydrogens is 446 g/mol. The van der Waals surface area contributed by atoms with E-state index in [0.29, 0.717) is 23.8 Å². The van der Waals surface area contributed by atoms with Gasteiger partial charge in [0.15, 0.2) is 5.78 Å². The molecule has 0 bridgehead atoms. The number of nitrogens with one attached hydrogen (secondary N) is 1. The highest BCUT2D eigenvalue weighted by Crippen LogP contribution is 2.41. The molecule has 1 unspecified atom stereocenters. The number of fused-ring (bicyclic) bond motifs is 1. The van der Waals surface area contributed by atoms with E-state index < -0.39 is 0 Å². The van der Waals surface area contributed by atoms with Gasteiger partial charge in [0, 0.05) is 38.7 Å². The Kier molecular flexibility index (Phi) is 7.50. The van der Waals surface area contributed by atoms with Gasteiger partial charge >= 0.3 is 0 Å². The van der Waals surface area contributed by atoms with Crippen LogP contribution < -0.4 is 10.1 Å². The Balaban J connectivity index is 1.56.